The van der Waals surface area contributed by atoms with Crippen LogP contribution in [0.4, 0.5) is 0 Å². The van der Waals surface area contributed by atoms with Gasteiger partial charge in [-0.3, -0.25) is 4.98 Å². The van der Waals surface area contributed by atoms with E-state index in [1.165, 1.54) is 4.68 Å². The summed E-state index contributed by atoms with van der Waals surface area (Å²) < 4.78 is 16.9. The number of pyridine rings is 1. The maximum Gasteiger partial charge on any atom is 0.128 e. The molecule has 0 amide bonds. The second kappa shape index (κ2) is 3.06. The van der Waals surface area contributed by atoms with Crippen molar-refractivity contribution in [2.45, 2.75) is 0 Å². The molecule has 0 saturated heterocycles. The van der Waals surface area contributed by atoms with Crippen LogP contribution in [-0.4, -0.2) is 14.8 Å². The normalized spacial score (nSPS) is 12.4. The maximum atomic E-state index is 7.62. The van der Waals surface area contributed by atoms with Crippen LogP contribution in [0.15, 0.2) is 41.3 Å². The summed E-state index contributed by atoms with van der Waals surface area (Å²) in [5.41, 5.74) is 0.726. The zero-order valence-electron chi connectivity index (χ0n) is 8.03. The Morgan fingerprint density at radius 2 is 2.17 bits per heavy atom. The quantitative estimate of drug-likeness (QED) is 0.744. The first-order valence-electron chi connectivity index (χ1n) is 4.32. The average Bonchev–Trinajstić information content (AvgIpc) is 2.47. The predicted octanol–water partition coefficient (Wildman–Crippen LogP) is 2.03. The van der Waals surface area contributed by atoms with E-state index in [4.69, 9.17) is 2.74 Å². The molecule has 2 heterocycles. The molecular formula is C8H6BrN3. The Balaban J connectivity index is 2.58. The minimum atomic E-state index is 0.0584. The van der Waals surface area contributed by atoms with Gasteiger partial charge in [-0.2, -0.15) is 5.10 Å². The first kappa shape index (κ1) is 5.48. The van der Waals surface area contributed by atoms with Crippen molar-refractivity contribution < 1.29 is 2.74 Å². The highest BCUT2D eigenvalue weighted by molar-refractivity contribution is 9.10. The molecule has 0 bridgehead atoms. The average molecular weight is 226 g/mol. The van der Waals surface area contributed by atoms with Crippen LogP contribution in [0.25, 0.3) is 5.69 Å². The van der Waals surface area contributed by atoms with Gasteiger partial charge >= 0.3 is 0 Å². The van der Waals surface area contributed by atoms with Gasteiger partial charge in [-0.15, -0.1) is 0 Å². The van der Waals surface area contributed by atoms with E-state index in [1.54, 1.807) is 24.5 Å². The lowest BCUT2D eigenvalue weighted by Crippen LogP contribution is -1.93. The number of halogens is 1. The first-order chi connectivity index (χ1) is 6.70. The van der Waals surface area contributed by atoms with E-state index in [0.29, 0.717) is 4.60 Å². The van der Waals surface area contributed by atoms with Crippen LogP contribution in [0, 0.1) is 0 Å². The van der Waals surface area contributed by atoms with Crippen molar-refractivity contribution >= 4 is 15.9 Å². The highest BCUT2D eigenvalue weighted by atomic mass is 79.9. The fourth-order valence-corrected chi connectivity index (χ4v) is 1.09. The van der Waals surface area contributed by atoms with Crippen molar-refractivity contribution in [3.8, 4) is 5.69 Å². The van der Waals surface area contributed by atoms with Crippen LogP contribution in [0.5, 0.6) is 0 Å². The predicted molar refractivity (Wildman–Crippen MR) is 49.1 cm³/mol. The van der Waals surface area contributed by atoms with Crippen LogP contribution in [-0.2, 0) is 0 Å². The number of aromatic nitrogens is 3. The monoisotopic (exact) mass is 225 g/mol. The largest absolute Gasteiger partial charge is 0.265 e. The van der Waals surface area contributed by atoms with Crippen LogP contribution >= 0.6 is 15.9 Å². The standard InChI is InChI=1S/C8H6BrN3/c9-8-3-6-12(11-8)7-1-4-10-5-2-7/h1-6H/i3D,6D. The number of rotatable bonds is 1. The molecule has 0 aliphatic carbocycles. The van der Waals surface area contributed by atoms with E-state index in [9.17, 15) is 0 Å². The van der Waals surface area contributed by atoms with Gasteiger partial charge in [0.2, 0.25) is 0 Å². The summed E-state index contributed by atoms with van der Waals surface area (Å²) in [5, 5.41) is 4.01. The third-order valence-electron chi connectivity index (χ3n) is 1.36. The molecule has 2 aromatic heterocycles. The molecule has 0 N–H and O–H groups in total. The minimum absolute atomic E-state index is 0.0584. The molecule has 0 aliphatic rings. The van der Waals surface area contributed by atoms with Gasteiger partial charge in [0, 0.05) is 18.6 Å². The summed E-state index contributed by atoms with van der Waals surface area (Å²) in [6.07, 6.45) is 3.30. The molecule has 0 spiro atoms. The van der Waals surface area contributed by atoms with Crippen LogP contribution in [0.2, 0.25) is 0 Å². The van der Waals surface area contributed by atoms with Gasteiger partial charge in [-0.1, -0.05) is 0 Å². The molecule has 60 valence electrons. The van der Waals surface area contributed by atoms with E-state index in [1.807, 2.05) is 0 Å². The highest BCUT2D eigenvalue weighted by Gasteiger charge is 1.96. The molecule has 0 atom stereocenters. The molecule has 3 nitrogen and oxygen atoms in total. The fraction of sp³-hybridized carbons (Fsp3) is 0. The third kappa shape index (κ3) is 1.38. The molecule has 2 rings (SSSR count). The van der Waals surface area contributed by atoms with Crippen LogP contribution < -0.4 is 0 Å². The Hall–Kier alpha value is -1.16. The Bertz CT molecular complexity index is 455. The van der Waals surface area contributed by atoms with Gasteiger partial charge in [0.15, 0.2) is 0 Å². The summed E-state index contributed by atoms with van der Waals surface area (Å²) in [4.78, 5) is 3.87. The molecule has 0 unspecified atom stereocenters. The smallest absolute Gasteiger partial charge is 0.128 e. The molecule has 0 radical (unpaired) electrons. The van der Waals surface area contributed by atoms with E-state index in [0.717, 1.165) is 5.69 Å². The van der Waals surface area contributed by atoms with E-state index in [-0.39, 0.29) is 12.2 Å². The second-order valence-electron chi connectivity index (χ2n) is 2.14. The Labute approximate surface area is 81.0 Å². The minimum Gasteiger partial charge on any atom is -0.265 e. The third-order valence-corrected chi connectivity index (χ3v) is 1.72. The van der Waals surface area contributed by atoms with E-state index in [2.05, 4.69) is 26.0 Å². The number of hydrogen-bond acceptors (Lipinski definition) is 2. The Morgan fingerprint density at radius 3 is 2.75 bits per heavy atom. The maximum absolute atomic E-state index is 7.62. The van der Waals surface area contributed by atoms with Crippen molar-refractivity contribution in [2.24, 2.45) is 0 Å². The number of nitrogens with zero attached hydrogens (tertiary/aromatic N) is 3. The van der Waals surface area contributed by atoms with Crippen molar-refractivity contribution in [3.05, 3.63) is 41.3 Å². The zero-order valence-corrected chi connectivity index (χ0v) is 7.62. The lowest BCUT2D eigenvalue weighted by Gasteiger charge is -1.97. The highest BCUT2D eigenvalue weighted by Crippen LogP contribution is 2.09. The molecule has 0 aromatic carbocycles. The lowest BCUT2D eigenvalue weighted by molar-refractivity contribution is 0.868. The van der Waals surface area contributed by atoms with Crippen LogP contribution in [0.3, 0.4) is 0 Å². The van der Waals surface area contributed by atoms with Crippen molar-refractivity contribution in [1.29, 1.82) is 0 Å². The van der Waals surface area contributed by atoms with Gasteiger partial charge in [0.25, 0.3) is 0 Å². The topological polar surface area (TPSA) is 30.7 Å². The summed E-state index contributed by atoms with van der Waals surface area (Å²) in [5.74, 6) is 0. The van der Waals surface area contributed by atoms with Gasteiger partial charge in [-0.05, 0) is 34.1 Å². The summed E-state index contributed by atoms with van der Waals surface area (Å²) in [6.45, 7) is 0. The van der Waals surface area contributed by atoms with E-state index >= 15 is 0 Å². The summed E-state index contributed by atoms with van der Waals surface area (Å²) in [7, 11) is 0. The second-order valence-corrected chi connectivity index (χ2v) is 2.90. The fourth-order valence-electron chi connectivity index (χ4n) is 0.844. The molecule has 12 heavy (non-hydrogen) atoms. The molecule has 0 fully saturated rings. The van der Waals surface area contributed by atoms with Crippen LogP contribution in [0.1, 0.15) is 2.74 Å². The van der Waals surface area contributed by atoms with Gasteiger partial charge in [0.05, 0.1) is 8.43 Å². The molecule has 4 heteroatoms. The van der Waals surface area contributed by atoms with Crippen molar-refractivity contribution in [3.63, 3.8) is 0 Å². The van der Waals surface area contributed by atoms with E-state index < -0.39 is 0 Å². The first-order valence-corrected chi connectivity index (χ1v) is 4.11. The van der Waals surface area contributed by atoms with Crippen molar-refractivity contribution in [2.75, 3.05) is 0 Å². The molecule has 0 saturated carbocycles. The molecule has 0 aliphatic heterocycles. The Morgan fingerprint density at radius 1 is 1.42 bits per heavy atom. The van der Waals surface area contributed by atoms with Gasteiger partial charge < -0.3 is 0 Å². The van der Waals surface area contributed by atoms with Gasteiger partial charge in [0.1, 0.15) is 4.60 Å². The molecular weight excluding hydrogens is 218 g/mol. The lowest BCUT2D eigenvalue weighted by atomic mass is 10.4. The number of hydrogen-bond donors (Lipinski definition) is 0. The Kier molecular flexibility index (Phi) is 1.40. The summed E-state index contributed by atoms with van der Waals surface area (Å²) >= 11 is 3.11. The molecule has 2 aromatic rings. The summed E-state index contributed by atoms with van der Waals surface area (Å²) in [6, 6.07) is 3.55. The van der Waals surface area contributed by atoms with Gasteiger partial charge in [-0.25, -0.2) is 4.68 Å². The zero-order chi connectivity index (χ0) is 10.1. The van der Waals surface area contributed by atoms with Crippen molar-refractivity contribution in [1.82, 2.24) is 14.8 Å². The SMILES string of the molecule is [2H]c1c(Br)nn(-c2ccncc2)c1[2H].